The fraction of sp³-hybridized carbons (Fsp3) is 0.182. The van der Waals surface area contributed by atoms with E-state index in [0.29, 0.717) is 0 Å². The van der Waals surface area contributed by atoms with Gasteiger partial charge in [0, 0.05) is 23.5 Å². The van der Waals surface area contributed by atoms with Crippen LogP contribution in [-0.4, -0.2) is 0 Å². The van der Waals surface area contributed by atoms with Gasteiger partial charge in [0.2, 0.25) is 11.2 Å². The molecule has 2 rings (SSSR count). The Labute approximate surface area is 129 Å². The van der Waals surface area contributed by atoms with Crippen LogP contribution in [0.2, 0.25) is 0 Å². The van der Waals surface area contributed by atoms with Gasteiger partial charge in [-0.3, -0.25) is 0 Å². The molecule has 120 valence electrons. The van der Waals surface area contributed by atoms with Crippen molar-refractivity contribution in [2.75, 3.05) is 0 Å². The molecule has 1 heterocycles. The van der Waals surface area contributed by atoms with Crippen LogP contribution in [0, 0.1) is 13.8 Å². The van der Waals surface area contributed by atoms with Crippen molar-refractivity contribution in [1.82, 2.24) is 0 Å². The zero-order valence-electron chi connectivity index (χ0n) is 10.8. The van der Waals surface area contributed by atoms with E-state index in [1.54, 1.807) is 11.3 Å². The molecular weight excluding hydrogens is 403 g/mol. The third-order valence-electron chi connectivity index (χ3n) is 2.31. The summed E-state index contributed by atoms with van der Waals surface area (Å²) >= 11 is 5.22. The van der Waals surface area contributed by atoms with E-state index in [4.69, 9.17) is 0 Å². The Hall–Kier alpha value is -0.660. The molecule has 0 aliphatic rings. The predicted octanol–water partition coefficient (Wildman–Crippen LogP) is 6.79. The molecule has 0 N–H and O–H groups in total. The van der Waals surface area contributed by atoms with Gasteiger partial charge in [-0.25, -0.2) is 0 Å². The molecule has 0 unspecified atom stereocenters. The molecule has 0 aliphatic carbocycles. The number of aromatic nitrogens is 1. The molecule has 1 aromatic heterocycles. The molecule has 1 nitrogen and oxygen atoms in total. The summed E-state index contributed by atoms with van der Waals surface area (Å²) in [6, 6.07) is 8.36. The predicted molar refractivity (Wildman–Crippen MR) is 76.6 cm³/mol. The van der Waals surface area contributed by atoms with Crippen LogP contribution in [0.25, 0.3) is 5.69 Å². The first kappa shape index (κ1) is 18.4. The van der Waals surface area contributed by atoms with Crippen molar-refractivity contribution < 1.29 is 29.7 Å². The van der Waals surface area contributed by atoms with Gasteiger partial charge in [0.05, 0.1) is 4.88 Å². The van der Waals surface area contributed by atoms with Gasteiger partial charge < -0.3 is 0 Å². The molecule has 0 fully saturated rings. The molecule has 0 saturated heterocycles. The Kier molecular flexibility index (Phi) is 4.56. The van der Waals surface area contributed by atoms with Crippen molar-refractivity contribution in [3.8, 4) is 5.69 Å². The maximum absolute atomic E-state index is 10.7. The molecule has 0 saturated carbocycles. The second kappa shape index (κ2) is 5.21. The average molecular weight is 414 g/mol. The van der Waals surface area contributed by atoms with Gasteiger partial charge in [0.25, 0.3) is 0 Å². The number of aryl methyl sites for hydroxylation is 1. The summed E-state index contributed by atoms with van der Waals surface area (Å²) in [7, 11) is -10.7. The standard InChI is InChI=1S/C11H11BrNS.F6P/c1-8-9(2)14-7-13(8)11-5-3-10(12)4-6-11;1-7(2,3,4,5)6/h3-7H,1-2H3;/q+1;-1. The van der Waals surface area contributed by atoms with Gasteiger partial charge in [-0.1, -0.05) is 27.3 Å². The fourth-order valence-corrected chi connectivity index (χ4v) is 2.40. The average Bonchev–Trinajstić information content (AvgIpc) is 2.57. The zero-order chi connectivity index (χ0) is 16.5. The quantitative estimate of drug-likeness (QED) is 0.275. The Morgan fingerprint density at radius 2 is 1.38 bits per heavy atom. The Balaban J connectivity index is 0.000000270. The molecule has 0 bridgehead atoms. The summed E-state index contributed by atoms with van der Waals surface area (Å²) in [5, 5.41) is 0. The second-order valence-electron chi connectivity index (χ2n) is 4.17. The van der Waals surface area contributed by atoms with Crippen molar-refractivity contribution in [2.45, 2.75) is 13.8 Å². The van der Waals surface area contributed by atoms with Crippen LogP contribution in [0.3, 0.4) is 0 Å². The molecule has 0 radical (unpaired) electrons. The topological polar surface area (TPSA) is 3.88 Å². The number of thiazole rings is 1. The van der Waals surface area contributed by atoms with E-state index in [1.807, 2.05) is 0 Å². The van der Waals surface area contributed by atoms with Crippen molar-refractivity contribution >= 4 is 35.1 Å². The van der Waals surface area contributed by atoms with Gasteiger partial charge in [-0.15, -0.1) is 0 Å². The zero-order valence-corrected chi connectivity index (χ0v) is 14.1. The number of halogens is 7. The van der Waals surface area contributed by atoms with Crippen LogP contribution in [0.4, 0.5) is 25.2 Å². The van der Waals surface area contributed by atoms with Gasteiger partial charge >= 0.3 is 33.0 Å². The van der Waals surface area contributed by atoms with Crippen LogP contribution in [0.15, 0.2) is 34.2 Å². The third-order valence-corrected chi connectivity index (χ3v) is 3.80. The van der Waals surface area contributed by atoms with Crippen molar-refractivity contribution in [1.29, 1.82) is 0 Å². The van der Waals surface area contributed by atoms with Gasteiger partial charge in [-0.05, 0) is 19.1 Å². The second-order valence-corrected chi connectivity index (χ2v) is 8.06. The summed E-state index contributed by atoms with van der Waals surface area (Å²) in [6.45, 7) is 4.29. The number of hydrogen-bond acceptors (Lipinski definition) is 1. The van der Waals surface area contributed by atoms with Crippen molar-refractivity contribution in [2.24, 2.45) is 0 Å². The number of hydrogen-bond donors (Lipinski definition) is 0. The van der Waals surface area contributed by atoms with Gasteiger partial charge in [-0.2, -0.15) is 4.57 Å². The summed E-state index contributed by atoms with van der Waals surface area (Å²) < 4.78 is 62.5. The van der Waals surface area contributed by atoms with Crippen LogP contribution >= 0.6 is 35.1 Å². The van der Waals surface area contributed by atoms with E-state index in [1.165, 1.54) is 16.3 Å². The van der Waals surface area contributed by atoms with E-state index in [-0.39, 0.29) is 0 Å². The van der Waals surface area contributed by atoms with Gasteiger partial charge in [0.1, 0.15) is 0 Å². The summed E-state index contributed by atoms with van der Waals surface area (Å²) in [6.07, 6.45) is 0. The van der Waals surface area contributed by atoms with Crippen LogP contribution in [-0.2, 0) is 0 Å². The van der Waals surface area contributed by atoms with Gasteiger partial charge in [0.15, 0.2) is 5.69 Å². The molecule has 0 atom stereocenters. The van der Waals surface area contributed by atoms with E-state index in [2.05, 4.69) is 64.1 Å². The van der Waals surface area contributed by atoms with Crippen LogP contribution < -0.4 is 4.57 Å². The first-order chi connectivity index (χ1) is 9.13. The summed E-state index contributed by atoms with van der Waals surface area (Å²) in [5.74, 6) is 0. The number of rotatable bonds is 1. The minimum absolute atomic E-state index is 1.12. The molecule has 1 aromatic carbocycles. The molecule has 0 aliphatic heterocycles. The Bertz CT molecular complexity index is 623. The number of nitrogens with zero attached hydrogens (tertiary/aromatic N) is 1. The van der Waals surface area contributed by atoms with E-state index in [0.717, 1.165) is 4.47 Å². The Morgan fingerprint density at radius 1 is 0.952 bits per heavy atom. The minimum atomic E-state index is -10.7. The fourth-order valence-electron chi connectivity index (χ4n) is 1.32. The summed E-state index contributed by atoms with van der Waals surface area (Å²) in [4.78, 5) is 1.37. The first-order valence-corrected chi connectivity index (χ1v) is 9.12. The van der Waals surface area contributed by atoms with Crippen LogP contribution in [0.5, 0.6) is 0 Å². The van der Waals surface area contributed by atoms with E-state index in [9.17, 15) is 25.2 Å². The molecular formula is C11H11BrF6NPS. The maximum atomic E-state index is 9.87. The van der Waals surface area contributed by atoms with Crippen molar-refractivity contribution in [3.63, 3.8) is 0 Å². The molecule has 2 aromatic rings. The van der Waals surface area contributed by atoms with E-state index >= 15 is 0 Å². The van der Waals surface area contributed by atoms with E-state index < -0.39 is 7.81 Å². The summed E-state index contributed by atoms with van der Waals surface area (Å²) in [5.41, 5.74) is 4.68. The monoisotopic (exact) mass is 413 g/mol. The first-order valence-electron chi connectivity index (χ1n) is 5.42. The molecule has 21 heavy (non-hydrogen) atoms. The number of benzene rings is 1. The van der Waals surface area contributed by atoms with Crippen molar-refractivity contribution in [3.05, 3.63) is 44.8 Å². The SMILES string of the molecule is Cc1sc[n+](-c2ccc(Br)cc2)c1C.F[P-](F)(F)(F)(F)F. The van der Waals surface area contributed by atoms with Crippen LogP contribution in [0.1, 0.15) is 10.6 Å². The Morgan fingerprint density at radius 3 is 1.71 bits per heavy atom. The third kappa shape index (κ3) is 8.38. The normalized spacial score (nSPS) is 14.7. The molecule has 0 amide bonds. The molecule has 0 spiro atoms. The molecule has 10 heteroatoms.